The summed E-state index contributed by atoms with van der Waals surface area (Å²) in [6.45, 7) is 5.96. The van der Waals surface area contributed by atoms with E-state index >= 15 is 0 Å². The highest BCUT2D eigenvalue weighted by atomic mass is 16.4. The van der Waals surface area contributed by atoms with E-state index in [9.17, 15) is 9.59 Å². The molecule has 0 saturated carbocycles. The normalized spacial score (nSPS) is 13.9. The van der Waals surface area contributed by atoms with Crippen molar-refractivity contribution in [3.8, 4) is 0 Å². The first-order chi connectivity index (χ1) is 8.45. The van der Waals surface area contributed by atoms with Crippen molar-refractivity contribution in [2.75, 3.05) is 6.54 Å². The molecule has 6 nitrogen and oxygen atoms in total. The second-order valence-corrected chi connectivity index (χ2v) is 4.01. The van der Waals surface area contributed by atoms with Gasteiger partial charge in [0.2, 0.25) is 11.7 Å². The summed E-state index contributed by atoms with van der Waals surface area (Å²) in [5.74, 6) is -0.826. The van der Waals surface area contributed by atoms with Gasteiger partial charge >= 0.3 is 5.97 Å². The van der Waals surface area contributed by atoms with E-state index in [4.69, 9.17) is 9.52 Å². The van der Waals surface area contributed by atoms with Gasteiger partial charge in [0, 0.05) is 6.54 Å². The third-order valence-corrected chi connectivity index (χ3v) is 2.51. The van der Waals surface area contributed by atoms with Gasteiger partial charge in [0.15, 0.2) is 0 Å². The Hall–Kier alpha value is -1.82. The van der Waals surface area contributed by atoms with Crippen LogP contribution in [0.4, 0.5) is 0 Å². The van der Waals surface area contributed by atoms with Crippen molar-refractivity contribution in [2.45, 2.75) is 32.9 Å². The molecule has 100 valence electrons. The molecule has 2 unspecified atom stereocenters. The molecule has 0 spiro atoms. The Labute approximate surface area is 105 Å². The van der Waals surface area contributed by atoms with Crippen LogP contribution in [0.2, 0.25) is 0 Å². The summed E-state index contributed by atoms with van der Waals surface area (Å²) in [5.41, 5.74) is 0. The number of amides is 1. The van der Waals surface area contributed by atoms with Gasteiger partial charge in [-0.15, -0.1) is 0 Å². The van der Waals surface area contributed by atoms with Gasteiger partial charge in [0.25, 0.3) is 0 Å². The summed E-state index contributed by atoms with van der Waals surface area (Å²) in [5, 5.41) is 14.5. The van der Waals surface area contributed by atoms with Crippen LogP contribution in [-0.2, 0) is 4.79 Å². The molecule has 18 heavy (non-hydrogen) atoms. The molecule has 0 aliphatic carbocycles. The quantitative estimate of drug-likeness (QED) is 0.708. The van der Waals surface area contributed by atoms with Crippen LogP contribution in [0, 0.1) is 0 Å². The fourth-order valence-electron chi connectivity index (χ4n) is 1.56. The van der Waals surface area contributed by atoms with Crippen molar-refractivity contribution in [3.05, 3.63) is 23.7 Å². The van der Waals surface area contributed by atoms with E-state index in [2.05, 4.69) is 10.6 Å². The number of hydrogen-bond donors (Lipinski definition) is 3. The van der Waals surface area contributed by atoms with Crippen LogP contribution in [-0.4, -0.2) is 29.6 Å². The number of carboxylic acid groups (broad SMARTS) is 1. The maximum atomic E-state index is 11.5. The van der Waals surface area contributed by atoms with Gasteiger partial charge in [-0.3, -0.25) is 10.1 Å². The summed E-state index contributed by atoms with van der Waals surface area (Å²) >= 11 is 0. The van der Waals surface area contributed by atoms with Gasteiger partial charge in [-0.1, -0.05) is 0 Å². The zero-order valence-corrected chi connectivity index (χ0v) is 10.7. The number of hydrogen-bond acceptors (Lipinski definition) is 4. The molecule has 1 amide bonds. The standard InChI is InChI=1S/C12H18N2O4/c1-4-13-11(15)8(3)14-7(2)9-5-6-10(18-9)12(16)17/h5-8,14H,4H2,1-3H3,(H,13,15)(H,16,17). The summed E-state index contributed by atoms with van der Waals surface area (Å²) in [6.07, 6.45) is 0. The lowest BCUT2D eigenvalue weighted by atomic mass is 10.2. The molecule has 0 aliphatic heterocycles. The maximum Gasteiger partial charge on any atom is 0.371 e. The van der Waals surface area contributed by atoms with Crippen molar-refractivity contribution in [1.29, 1.82) is 0 Å². The Bertz CT molecular complexity index is 427. The largest absolute Gasteiger partial charge is 0.475 e. The molecule has 0 aliphatic rings. The third kappa shape index (κ3) is 3.59. The van der Waals surface area contributed by atoms with Crippen molar-refractivity contribution >= 4 is 11.9 Å². The lowest BCUT2D eigenvalue weighted by Gasteiger charge is -2.17. The molecule has 2 atom stereocenters. The molecule has 0 saturated heterocycles. The average Bonchev–Trinajstić information content (AvgIpc) is 2.78. The van der Waals surface area contributed by atoms with Gasteiger partial charge < -0.3 is 14.8 Å². The van der Waals surface area contributed by atoms with Crippen LogP contribution in [0.25, 0.3) is 0 Å². The molecule has 0 fully saturated rings. The molecule has 1 aromatic rings. The second kappa shape index (κ2) is 6.20. The average molecular weight is 254 g/mol. The Balaban J connectivity index is 2.61. The Morgan fingerprint density at radius 1 is 1.39 bits per heavy atom. The van der Waals surface area contributed by atoms with E-state index in [1.165, 1.54) is 6.07 Å². The Morgan fingerprint density at radius 2 is 2.06 bits per heavy atom. The SMILES string of the molecule is CCNC(=O)C(C)NC(C)c1ccc(C(=O)O)o1. The Morgan fingerprint density at radius 3 is 2.56 bits per heavy atom. The van der Waals surface area contributed by atoms with Gasteiger partial charge in [-0.05, 0) is 32.9 Å². The van der Waals surface area contributed by atoms with Crippen molar-refractivity contribution in [3.63, 3.8) is 0 Å². The zero-order valence-electron chi connectivity index (χ0n) is 10.7. The second-order valence-electron chi connectivity index (χ2n) is 4.01. The van der Waals surface area contributed by atoms with E-state index in [1.54, 1.807) is 19.9 Å². The molecular formula is C12H18N2O4. The van der Waals surface area contributed by atoms with Crippen LogP contribution >= 0.6 is 0 Å². The van der Waals surface area contributed by atoms with Gasteiger partial charge in [-0.2, -0.15) is 0 Å². The van der Waals surface area contributed by atoms with Crippen molar-refractivity contribution in [1.82, 2.24) is 10.6 Å². The van der Waals surface area contributed by atoms with Crippen LogP contribution in [0.3, 0.4) is 0 Å². The monoisotopic (exact) mass is 254 g/mol. The predicted octanol–water partition coefficient (Wildman–Crippen LogP) is 1.15. The fourth-order valence-corrected chi connectivity index (χ4v) is 1.56. The molecular weight excluding hydrogens is 236 g/mol. The number of nitrogens with one attached hydrogen (secondary N) is 2. The summed E-state index contributed by atoms with van der Waals surface area (Å²) in [6, 6.07) is 2.37. The summed E-state index contributed by atoms with van der Waals surface area (Å²) in [4.78, 5) is 22.2. The van der Waals surface area contributed by atoms with E-state index in [1.807, 2.05) is 6.92 Å². The van der Waals surface area contributed by atoms with E-state index in [0.29, 0.717) is 12.3 Å². The highest BCUT2D eigenvalue weighted by Gasteiger charge is 2.18. The predicted molar refractivity (Wildman–Crippen MR) is 65.4 cm³/mol. The molecule has 1 aromatic heterocycles. The Kier molecular flexibility index (Phi) is 4.91. The lowest BCUT2D eigenvalue weighted by molar-refractivity contribution is -0.122. The maximum absolute atomic E-state index is 11.5. The highest BCUT2D eigenvalue weighted by Crippen LogP contribution is 2.16. The molecule has 1 rings (SSSR count). The minimum atomic E-state index is -1.11. The number of likely N-dealkylation sites (N-methyl/N-ethyl adjacent to an activating group) is 1. The molecule has 0 bridgehead atoms. The first-order valence-corrected chi connectivity index (χ1v) is 5.82. The minimum absolute atomic E-state index is 0.102. The number of carboxylic acids is 1. The molecule has 0 aromatic carbocycles. The van der Waals surface area contributed by atoms with Crippen molar-refractivity contribution < 1.29 is 19.1 Å². The highest BCUT2D eigenvalue weighted by molar-refractivity contribution is 5.84. The minimum Gasteiger partial charge on any atom is -0.475 e. The van der Waals surface area contributed by atoms with Crippen LogP contribution in [0.5, 0.6) is 0 Å². The van der Waals surface area contributed by atoms with E-state index < -0.39 is 5.97 Å². The number of furan rings is 1. The number of aromatic carboxylic acids is 1. The van der Waals surface area contributed by atoms with E-state index in [-0.39, 0.29) is 23.8 Å². The van der Waals surface area contributed by atoms with Crippen LogP contribution < -0.4 is 10.6 Å². The van der Waals surface area contributed by atoms with Gasteiger partial charge in [-0.25, -0.2) is 4.79 Å². The summed E-state index contributed by atoms with van der Waals surface area (Å²) in [7, 11) is 0. The molecule has 0 radical (unpaired) electrons. The fraction of sp³-hybridized carbons (Fsp3) is 0.500. The van der Waals surface area contributed by atoms with Crippen molar-refractivity contribution in [2.24, 2.45) is 0 Å². The first-order valence-electron chi connectivity index (χ1n) is 5.82. The number of carbonyl (C=O) groups excluding carboxylic acids is 1. The lowest BCUT2D eigenvalue weighted by Crippen LogP contribution is -2.42. The van der Waals surface area contributed by atoms with Crippen LogP contribution in [0.1, 0.15) is 43.1 Å². The molecule has 1 heterocycles. The topological polar surface area (TPSA) is 91.6 Å². The smallest absolute Gasteiger partial charge is 0.371 e. The summed E-state index contributed by atoms with van der Waals surface area (Å²) < 4.78 is 5.15. The zero-order chi connectivity index (χ0) is 13.7. The third-order valence-electron chi connectivity index (χ3n) is 2.51. The molecule has 3 N–H and O–H groups in total. The molecule has 6 heteroatoms. The number of carbonyl (C=O) groups is 2. The first kappa shape index (κ1) is 14.2. The van der Waals surface area contributed by atoms with E-state index in [0.717, 1.165) is 0 Å². The van der Waals surface area contributed by atoms with Gasteiger partial charge in [0.1, 0.15) is 5.76 Å². The van der Waals surface area contributed by atoms with Gasteiger partial charge in [0.05, 0.1) is 12.1 Å². The van der Waals surface area contributed by atoms with Crippen LogP contribution in [0.15, 0.2) is 16.5 Å². The number of rotatable bonds is 6.